The molecule has 1 aliphatic heterocycles. The average molecular weight is 182 g/mol. The number of aliphatic hydroxyl groups is 1. The third-order valence-corrected chi connectivity index (χ3v) is 2.12. The van der Waals surface area contributed by atoms with Gasteiger partial charge in [-0.05, 0) is 17.7 Å². The largest absolute Gasteiger partial charge is 0.388 e. The molecule has 1 saturated heterocycles. The van der Waals surface area contributed by atoms with Gasteiger partial charge in [-0.1, -0.05) is 12.1 Å². The van der Waals surface area contributed by atoms with Crippen LogP contribution in [-0.2, 0) is 4.74 Å². The van der Waals surface area contributed by atoms with Crippen LogP contribution in [0, 0.1) is 5.82 Å². The normalized spacial score (nSPS) is 22.8. The zero-order chi connectivity index (χ0) is 9.26. The first-order chi connectivity index (χ1) is 6.25. The van der Waals surface area contributed by atoms with Crippen molar-refractivity contribution >= 4 is 0 Å². The molecule has 0 saturated carbocycles. The van der Waals surface area contributed by atoms with Crippen LogP contribution in [0.25, 0.3) is 0 Å². The van der Waals surface area contributed by atoms with E-state index in [2.05, 4.69) is 0 Å². The lowest BCUT2D eigenvalue weighted by Crippen LogP contribution is -2.01. The molecule has 2 unspecified atom stereocenters. The number of rotatable bonds is 3. The highest BCUT2D eigenvalue weighted by Gasteiger charge is 2.26. The van der Waals surface area contributed by atoms with Crippen molar-refractivity contribution in [2.45, 2.75) is 18.6 Å². The quantitative estimate of drug-likeness (QED) is 0.721. The van der Waals surface area contributed by atoms with E-state index in [1.165, 1.54) is 12.1 Å². The first-order valence-electron chi connectivity index (χ1n) is 4.31. The second kappa shape index (κ2) is 3.44. The smallest absolute Gasteiger partial charge is 0.123 e. The Kier molecular flexibility index (Phi) is 2.29. The van der Waals surface area contributed by atoms with Gasteiger partial charge in [-0.15, -0.1) is 0 Å². The van der Waals surface area contributed by atoms with Gasteiger partial charge in [0.25, 0.3) is 0 Å². The number of epoxide rings is 1. The molecule has 13 heavy (non-hydrogen) atoms. The molecule has 0 aliphatic carbocycles. The number of ether oxygens (including phenoxy) is 1. The van der Waals surface area contributed by atoms with Gasteiger partial charge in [0.1, 0.15) is 5.82 Å². The number of benzene rings is 1. The minimum Gasteiger partial charge on any atom is -0.388 e. The fourth-order valence-electron chi connectivity index (χ4n) is 1.30. The lowest BCUT2D eigenvalue weighted by molar-refractivity contribution is 0.154. The van der Waals surface area contributed by atoms with Crippen LogP contribution in [0.3, 0.4) is 0 Å². The van der Waals surface area contributed by atoms with Crippen molar-refractivity contribution in [3.8, 4) is 0 Å². The number of aliphatic hydroxyl groups excluding tert-OH is 1. The van der Waals surface area contributed by atoms with E-state index in [1.807, 2.05) is 0 Å². The van der Waals surface area contributed by atoms with E-state index in [9.17, 15) is 9.50 Å². The lowest BCUT2D eigenvalue weighted by Gasteiger charge is -2.08. The topological polar surface area (TPSA) is 32.8 Å². The number of hydrogen-bond acceptors (Lipinski definition) is 2. The van der Waals surface area contributed by atoms with E-state index in [1.54, 1.807) is 12.1 Å². The summed E-state index contributed by atoms with van der Waals surface area (Å²) in [5.74, 6) is -0.312. The highest BCUT2D eigenvalue weighted by atomic mass is 19.1. The Morgan fingerprint density at radius 3 is 3.00 bits per heavy atom. The van der Waals surface area contributed by atoms with Crippen molar-refractivity contribution in [2.75, 3.05) is 6.61 Å². The molecule has 1 aliphatic rings. The molecular weight excluding hydrogens is 171 g/mol. The molecule has 1 N–H and O–H groups in total. The van der Waals surface area contributed by atoms with E-state index < -0.39 is 6.10 Å². The van der Waals surface area contributed by atoms with Crippen molar-refractivity contribution in [3.63, 3.8) is 0 Å². The summed E-state index contributed by atoms with van der Waals surface area (Å²) in [5, 5.41) is 9.61. The summed E-state index contributed by atoms with van der Waals surface area (Å²) in [6.45, 7) is 0.715. The lowest BCUT2D eigenvalue weighted by atomic mass is 10.1. The van der Waals surface area contributed by atoms with Crippen LogP contribution in [0.2, 0.25) is 0 Å². The monoisotopic (exact) mass is 182 g/mol. The van der Waals surface area contributed by atoms with Gasteiger partial charge in [-0.2, -0.15) is 0 Å². The molecule has 0 radical (unpaired) electrons. The number of hydrogen-bond donors (Lipinski definition) is 1. The van der Waals surface area contributed by atoms with Crippen LogP contribution in [0.1, 0.15) is 18.1 Å². The van der Waals surface area contributed by atoms with Gasteiger partial charge in [0.2, 0.25) is 0 Å². The molecule has 3 heteroatoms. The van der Waals surface area contributed by atoms with E-state index in [0.717, 1.165) is 0 Å². The third-order valence-electron chi connectivity index (χ3n) is 2.12. The number of halogens is 1. The van der Waals surface area contributed by atoms with Crippen LogP contribution in [-0.4, -0.2) is 17.8 Å². The molecule has 2 atom stereocenters. The molecule has 1 fully saturated rings. The molecule has 1 aromatic carbocycles. The second-order valence-corrected chi connectivity index (χ2v) is 3.26. The van der Waals surface area contributed by atoms with Gasteiger partial charge in [-0.25, -0.2) is 4.39 Å². The Bertz CT molecular complexity index is 297. The molecule has 0 amide bonds. The van der Waals surface area contributed by atoms with Crippen molar-refractivity contribution in [3.05, 3.63) is 35.6 Å². The third kappa shape index (κ3) is 2.26. The van der Waals surface area contributed by atoms with E-state index in [-0.39, 0.29) is 11.9 Å². The zero-order valence-corrected chi connectivity index (χ0v) is 7.11. The van der Waals surface area contributed by atoms with Crippen LogP contribution in [0.5, 0.6) is 0 Å². The second-order valence-electron chi connectivity index (χ2n) is 3.26. The molecule has 1 heterocycles. The van der Waals surface area contributed by atoms with Crippen LogP contribution in [0.15, 0.2) is 24.3 Å². The van der Waals surface area contributed by atoms with Gasteiger partial charge >= 0.3 is 0 Å². The summed E-state index contributed by atoms with van der Waals surface area (Å²) >= 11 is 0. The molecule has 0 aromatic heterocycles. The molecular formula is C10H11FO2. The Hall–Kier alpha value is -0.930. The minimum atomic E-state index is -0.608. The predicted molar refractivity (Wildman–Crippen MR) is 45.7 cm³/mol. The Morgan fingerprint density at radius 2 is 2.38 bits per heavy atom. The molecule has 2 rings (SSSR count). The first-order valence-corrected chi connectivity index (χ1v) is 4.31. The van der Waals surface area contributed by atoms with E-state index in [0.29, 0.717) is 18.6 Å². The summed E-state index contributed by atoms with van der Waals surface area (Å²) in [7, 11) is 0. The predicted octanol–water partition coefficient (Wildman–Crippen LogP) is 1.65. The van der Waals surface area contributed by atoms with Gasteiger partial charge in [0.05, 0.1) is 18.8 Å². The van der Waals surface area contributed by atoms with Crippen LogP contribution in [0.4, 0.5) is 4.39 Å². The maximum absolute atomic E-state index is 12.7. The van der Waals surface area contributed by atoms with Crippen LogP contribution >= 0.6 is 0 Å². The molecule has 0 spiro atoms. The molecule has 0 bridgehead atoms. The Morgan fingerprint density at radius 1 is 1.62 bits per heavy atom. The zero-order valence-electron chi connectivity index (χ0n) is 7.11. The van der Waals surface area contributed by atoms with Crippen molar-refractivity contribution in [1.29, 1.82) is 0 Å². The van der Waals surface area contributed by atoms with Crippen molar-refractivity contribution in [1.82, 2.24) is 0 Å². The molecule has 2 nitrogen and oxygen atoms in total. The molecule has 1 aromatic rings. The standard InChI is InChI=1S/C10H11FO2/c11-8-3-1-2-7(4-8)10(12)5-9-6-13-9/h1-4,9-10,12H,5-6H2. The fraction of sp³-hybridized carbons (Fsp3) is 0.400. The summed E-state index contributed by atoms with van der Waals surface area (Å²) < 4.78 is 17.7. The Balaban J connectivity index is 2.04. The average Bonchev–Trinajstić information content (AvgIpc) is 2.88. The highest BCUT2D eigenvalue weighted by molar-refractivity contribution is 5.18. The highest BCUT2D eigenvalue weighted by Crippen LogP contribution is 2.25. The van der Waals surface area contributed by atoms with E-state index >= 15 is 0 Å². The van der Waals surface area contributed by atoms with Crippen LogP contribution < -0.4 is 0 Å². The fourth-order valence-corrected chi connectivity index (χ4v) is 1.30. The van der Waals surface area contributed by atoms with Crippen molar-refractivity contribution < 1.29 is 14.2 Å². The molecule has 70 valence electrons. The Labute approximate surface area is 76.0 Å². The van der Waals surface area contributed by atoms with Gasteiger partial charge in [0.15, 0.2) is 0 Å². The van der Waals surface area contributed by atoms with Gasteiger partial charge in [-0.3, -0.25) is 0 Å². The maximum atomic E-state index is 12.7. The van der Waals surface area contributed by atoms with E-state index in [4.69, 9.17) is 4.74 Å². The van der Waals surface area contributed by atoms with Crippen molar-refractivity contribution in [2.24, 2.45) is 0 Å². The SMILES string of the molecule is OC(CC1CO1)c1cccc(F)c1. The van der Waals surface area contributed by atoms with Gasteiger partial charge in [0, 0.05) is 6.42 Å². The van der Waals surface area contributed by atoms with Gasteiger partial charge < -0.3 is 9.84 Å². The first kappa shape index (κ1) is 8.66. The maximum Gasteiger partial charge on any atom is 0.123 e. The summed E-state index contributed by atoms with van der Waals surface area (Å²) in [4.78, 5) is 0. The summed E-state index contributed by atoms with van der Waals surface area (Å²) in [6.07, 6.45) is 0.116. The summed E-state index contributed by atoms with van der Waals surface area (Å²) in [6, 6.07) is 6.04. The minimum absolute atomic E-state index is 0.165. The summed E-state index contributed by atoms with van der Waals surface area (Å²) in [5.41, 5.74) is 0.621.